The monoisotopic (exact) mass is 272 g/mol. The maximum Gasteiger partial charge on any atom is 0.308 e. The molecule has 1 heterocycles. The van der Waals surface area contributed by atoms with Crippen LogP contribution >= 0.6 is 0 Å². The molecule has 0 radical (unpaired) electrons. The Labute approximate surface area is 117 Å². The third-order valence-corrected chi connectivity index (χ3v) is 3.78. The van der Waals surface area contributed by atoms with Gasteiger partial charge in [-0.3, -0.25) is 4.79 Å². The van der Waals surface area contributed by atoms with Crippen molar-refractivity contribution in [2.45, 2.75) is 19.8 Å². The molecule has 1 N–H and O–H groups in total. The Balaban J connectivity index is 1.79. The molecule has 104 valence electrons. The highest BCUT2D eigenvalue weighted by Gasteiger charge is 2.39. The SMILES string of the molecule is CC(C#Cc1ccc2cc1OCO2)C(C(=O)O)C1CC1. The Hall–Kier alpha value is -2.15. The molecular weight excluding hydrogens is 256 g/mol. The lowest BCUT2D eigenvalue weighted by Crippen LogP contribution is -2.22. The average Bonchev–Trinajstić information content (AvgIpc) is 3.22. The number of fused-ring (bicyclic) bond motifs is 2. The molecule has 20 heavy (non-hydrogen) atoms. The first kappa shape index (κ1) is 12.9. The van der Waals surface area contributed by atoms with Crippen LogP contribution in [0.3, 0.4) is 0 Å². The Morgan fingerprint density at radius 3 is 2.90 bits per heavy atom. The van der Waals surface area contributed by atoms with Gasteiger partial charge in [-0.25, -0.2) is 0 Å². The Kier molecular flexibility index (Phi) is 3.27. The molecule has 0 amide bonds. The first-order valence-electron chi connectivity index (χ1n) is 6.79. The molecule has 2 unspecified atom stereocenters. The van der Waals surface area contributed by atoms with Gasteiger partial charge in [-0.1, -0.05) is 18.8 Å². The Morgan fingerprint density at radius 2 is 2.20 bits per heavy atom. The van der Waals surface area contributed by atoms with E-state index in [1.165, 1.54) is 0 Å². The van der Waals surface area contributed by atoms with Crippen LogP contribution in [-0.2, 0) is 4.79 Å². The van der Waals surface area contributed by atoms with Crippen LogP contribution in [0, 0.1) is 29.6 Å². The average molecular weight is 272 g/mol. The Morgan fingerprint density at radius 1 is 1.40 bits per heavy atom. The number of hydrogen-bond donors (Lipinski definition) is 1. The van der Waals surface area contributed by atoms with Gasteiger partial charge in [-0.15, -0.1) is 0 Å². The fraction of sp³-hybridized carbons (Fsp3) is 0.438. The largest absolute Gasteiger partial charge is 0.481 e. The molecule has 1 aliphatic carbocycles. The number of carboxylic acids is 1. The lowest BCUT2D eigenvalue weighted by Gasteiger charge is -2.17. The molecule has 1 aliphatic heterocycles. The molecule has 0 saturated heterocycles. The standard InChI is InChI=1S/C16H16O4/c1-10(15(16(17)18)12-4-5-12)2-3-11-6-7-13-8-14(11)20-9-19-13/h6-8,10,12,15H,4-5,9H2,1H3,(H,17,18). The molecule has 1 fully saturated rings. The van der Waals surface area contributed by atoms with Crippen molar-refractivity contribution in [1.29, 1.82) is 0 Å². The van der Waals surface area contributed by atoms with Crippen molar-refractivity contribution in [1.82, 2.24) is 0 Å². The second kappa shape index (κ2) is 5.09. The second-order valence-corrected chi connectivity index (χ2v) is 5.32. The smallest absolute Gasteiger partial charge is 0.308 e. The summed E-state index contributed by atoms with van der Waals surface area (Å²) in [4.78, 5) is 11.3. The third-order valence-electron chi connectivity index (χ3n) is 3.78. The molecule has 3 rings (SSSR count). The summed E-state index contributed by atoms with van der Waals surface area (Å²) < 4.78 is 10.6. The molecule has 0 spiro atoms. The maximum atomic E-state index is 11.3. The highest BCUT2D eigenvalue weighted by molar-refractivity contribution is 5.71. The molecule has 2 bridgehead atoms. The maximum absolute atomic E-state index is 11.3. The molecule has 1 saturated carbocycles. The quantitative estimate of drug-likeness (QED) is 0.859. The summed E-state index contributed by atoms with van der Waals surface area (Å²) in [7, 11) is 0. The summed E-state index contributed by atoms with van der Waals surface area (Å²) in [6, 6.07) is 5.49. The molecule has 1 aromatic carbocycles. The van der Waals surface area contributed by atoms with E-state index in [9.17, 15) is 9.90 Å². The van der Waals surface area contributed by atoms with E-state index in [2.05, 4.69) is 11.8 Å². The topological polar surface area (TPSA) is 55.8 Å². The highest BCUT2D eigenvalue weighted by atomic mass is 16.7. The van der Waals surface area contributed by atoms with E-state index >= 15 is 0 Å². The number of aliphatic carboxylic acids is 1. The zero-order valence-corrected chi connectivity index (χ0v) is 11.3. The van der Waals surface area contributed by atoms with Gasteiger partial charge in [0.05, 0.1) is 11.5 Å². The van der Waals surface area contributed by atoms with Crippen molar-refractivity contribution in [3.05, 3.63) is 23.8 Å². The van der Waals surface area contributed by atoms with Gasteiger partial charge >= 0.3 is 5.97 Å². The summed E-state index contributed by atoms with van der Waals surface area (Å²) in [5.74, 6) is 6.62. The molecule has 4 nitrogen and oxygen atoms in total. The van der Waals surface area contributed by atoms with Crippen LogP contribution in [0.5, 0.6) is 11.5 Å². The van der Waals surface area contributed by atoms with Gasteiger partial charge in [-0.2, -0.15) is 0 Å². The lowest BCUT2D eigenvalue weighted by molar-refractivity contribution is -0.143. The van der Waals surface area contributed by atoms with Crippen LogP contribution in [0.1, 0.15) is 25.3 Å². The molecule has 2 atom stereocenters. The van der Waals surface area contributed by atoms with Crippen molar-refractivity contribution < 1.29 is 19.4 Å². The first-order chi connectivity index (χ1) is 9.65. The number of benzene rings is 1. The van der Waals surface area contributed by atoms with E-state index in [1.807, 2.05) is 19.1 Å². The number of ether oxygens (including phenoxy) is 2. The predicted octanol–water partition coefficient (Wildman–Crippen LogP) is 2.51. The van der Waals surface area contributed by atoms with E-state index in [0.717, 1.165) is 24.2 Å². The minimum atomic E-state index is -0.740. The van der Waals surface area contributed by atoms with E-state index < -0.39 is 5.97 Å². The van der Waals surface area contributed by atoms with Crippen molar-refractivity contribution >= 4 is 5.97 Å². The fourth-order valence-electron chi connectivity index (χ4n) is 2.54. The van der Waals surface area contributed by atoms with Crippen LogP contribution in [0.15, 0.2) is 18.2 Å². The van der Waals surface area contributed by atoms with Gasteiger partial charge in [-0.05, 0) is 30.9 Å². The second-order valence-electron chi connectivity index (χ2n) is 5.32. The van der Waals surface area contributed by atoms with E-state index in [-0.39, 0.29) is 18.6 Å². The molecule has 1 aromatic rings. The van der Waals surface area contributed by atoms with E-state index in [0.29, 0.717) is 11.7 Å². The van der Waals surface area contributed by atoms with Crippen LogP contribution in [-0.4, -0.2) is 17.9 Å². The van der Waals surface area contributed by atoms with Crippen LogP contribution in [0.4, 0.5) is 0 Å². The molecule has 0 aromatic heterocycles. The van der Waals surface area contributed by atoms with Crippen molar-refractivity contribution in [2.75, 3.05) is 6.79 Å². The summed E-state index contributed by atoms with van der Waals surface area (Å²) in [6.07, 6.45) is 2.01. The number of rotatable bonds is 3. The van der Waals surface area contributed by atoms with E-state index in [1.54, 1.807) is 6.07 Å². The van der Waals surface area contributed by atoms with E-state index in [4.69, 9.17) is 9.47 Å². The van der Waals surface area contributed by atoms with Gasteiger partial charge < -0.3 is 14.6 Å². The molecular formula is C16H16O4. The zero-order valence-electron chi connectivity index (χ0n) is 11.3. The van der Waals surface area contributed by atoms with Crippen molar-refractivity contribution in [2.24, 2.45) is 17.8 Å². The predicted molar refractivity (Wildman–Crippen MR) is 72.5 cm³/mol. The van der Waals surface area contributed by atoms with Crippen LogP contribution < -0.4 is 9.47 Å². The fourth-order valence-corrected chi connectivity index (χ4v) is 2.54. The number of carboxylic acid groups (broad SMARTS) is 1. The summed E-state index contributed by atoms with van der Waals surface area (Å²) in [5, 5.41) is 9.29. The van der Waals surface area contributed by atoms with Gasteiger partial charge in [0.2, 0.25) is 6.79 Å². The van der Waals surface area contributed by atoms with Gasteiger partial charge in [0.25, 0.3) is 0 Å². The van der Waals surface area contributed by atoms with Crippen molar-refractivity contribution in [3.63, 3.8) is 0 Å². The summed E-state index contributed by atoms with van der Waals surface area (Å²) in [6.45, 7) is 2.08. The lowest BCUT2D eigenvalue weighted by atomic mass is 9.90. The summed E-state index contributed by atoms with van der Waals surface area (Å²) >= 11 is 0. The molecule has 2 aliphatic rings. The molecule has 4 heteroatoms. The van der Waals surface area contributed by atoms with Crippen LogP contribution in [0.25, 0.3) is 0 Å². The number of carbonyl (C=O) groups is 1. The third kappa shape index (κ3) is 2.57. The Bertz CT molecular complexity index is 592. The zero-order chi connectivity index (χ0) is 14.1. The first-order valence-corrected chi connectivity index (χ1v) is 6.79. The minimum absolute atomic E-state index is 0.160. The highest BCUT2D eigenvalue weighted by Crippen LogP contribution is 2.40. The number of hydrogen-bond acceptors (Lipinski definition) is 3. The van der Waals surface area contributed by atoms with Crippen LogP contribution in [0.2, 0.25) is 0 Å². The van der Waals surface area contributed by atoms with Gasteiger partial charge in [0, 0.05) is 12.0 Å². The van der Waals surface area contributed by atoms with Gasteiger partial charge in [0.15, 0.2) is 0 Å². The minimum Gasteiger partial charge on any atom is -0.481 e. The summed E-state index contributed by atoms with van der Waals surface area (Å²) in [5.41, 5.74) is 0.781. The normalized spacial score (nSPS) is 18.9. The van der Waals surface area contributed by atoms with Gasteiger partial charge in [0.1, 0.15) is 11.5 Å². The van der Waals surface area contributed by atoms with Crippen molar-refractivity contribution in [3.8, 4) is 23.3 Å².